The van der Waals surface area contributed by atoms with E-state index in [1.54, 1.807) is 0 Å². The number of para-hydroxylation sites is 1. The normalized spacial score (nSPS) is 14.5. The molecule has 0 bridgehead atoms. The summed E-state index contributed by atoms with van der Waals surface area (Å²) in [6.07, 6.45) is -0.462. The maximum Gasteiger partial charge on any atom is 0.169 e. The molecule has 0 aliphatic carbocycles. The van der Waals surface area contributed by atoms with E-state index in [2.05, 4.69) is 151 Å². The van der Waals surface area contributed by atoms with Gasteiger partial charge in [-0.15, -0.1) is 0 Å². The van der Waals surface area contributed by atoms with Crippen molar-refractivity contribution in [3.8, 4) is 22.3 Å². The van der Waals surface area contributed by atoms with Gasteiger partial charge in [-0.25, -0.2) is 9.98 Å². The van der Waals surface area contributed by atoms with Crippen LogP contribution in [0.2, 0.25) is 0 Å². The minimum absolute atomic E-state index is 0.462. The van der Waals surface area contributed by atoms with Crippen molar-refractivity contribution in [3.05, 3.63) is 193 Å². The fraction of sp³-hybridized carbons (Fsp3) is 0.0213. The summed E-state index contributed by atoms with van der Waals surface area (Å²) < 4.78 is 6.45. The molecule has 0 saturated heterocycles. The minimum Gasteiger partial charge on any atom is -0.456 e. The third-order valence-electron chi connectivity index (χ3n) is 9.94. The first-order valence-corrected chi connectivity index (χ1v) is 17.3. The summed E-state index contributed by atoms with van der Waals surface area (Å²) in [4.78, 5) is 10.6. The second-order valence-electron chi connectivity index (χ2n) is 13.0. The van der Waals surface area contributed by atoms with E-state index in [-0.39, 0.29) is 0 Å². The first kappa shape index (κ1) is 29.2. The molecule has 1 aromatic heterocycles. The maximum absolute atomic E-state index is 6.45. The van der Waals surface area contributed by atoms with E-state index >= 15 is 0 Å². The van der Waals surface area contributed by atoms with Gasteiger partial charge in [0.15, 0.2) is 6.17 Å². The van der Waals surface area contributed by atoms with Gasteiger partial charge in [0.05, 0.1) is 0 Å². The molecule has 1 aliphatic heterocycles. The van der Waals surface area contributed by atoms with Crippen molar-refractivity contribution in [2.75, 3.05) is 0 Å². The SMILES string of the molecule is c1ccc(C2=NC(c3ccc(-c4ccc5ccccc5c4)cc3)N=C(c3c(-c4cccc5ccccc45)ccc4oc5ccccc5c34)N2)cc1. The number of amidine groups is 2. The molecule has 51 heavy (non-hydrogen) atoms. The van der Waals surface area contributed by atoms with Gasteiger partial charge in [-0.3, -0.25) is 0 Å². The molecule has 0 saturated carbocycles. The van der Waals surface area contributed by atoms with Crippen LogP contribution in [0, 0.1) is 0 Å². The van der Waals surface area contributed by atoms with Crippen molar-refractivity contribution < 1.29 is 4.42 Å². The zero-order valence-electron chi connectivity index (χ0n) is 27.6. The Morgan fingerprint density at radius 1 is 0.431 bits per heavy atom. The Morgan fingerprint density at radius 3 is 1.98 bits per heavy atom. The van der Waals surface area contributed by atoms with Crippen LogP contribution in [0.3, 0.4) is 0 Å². The van der Waals surface area contributed by atoms with Gasteiger partial charge < -0.3 is 9.73 Å². The standard InChI is InChI=1S/C47H31N3O/c1-2-13-33(14-3-1)45-48-46(34-24-21-31(22-25-34)36-26-23-30-11-4-5-15-35(30)29-36)50-47(49-45)44-39(38-19-10-16-32-12-6-7-17-37(32)38)27-28-42-43(44)40-18-8-9-20-41(40)51-42/h1-29,46H,(H,48,49,50). The number of nitrogens with one attached hydrogen (secondary N) is 1. The van der Waals surface area contributed by atoms with Gasteiger partial charge in [0.25, 0.3) is 0 Å². The molecule has 4 heteroatoms. The molecule has 240 valence electrons. The van der Waals surface area contributed by atoms with E-state index < -0.39 is 6.17 Å². The maximum atomic E-state index is 6.45. The molecule has 0 fully saturated rings. The topological polar surface area (TPSA) is 49.9 Å². The monoisotopic (exact) mass is 653 g/mol. The van der Waals surface area contributed by atoms with Gasteiger partial charge in [0.1, 0.15) is 22.8 Å². The zero-order chi connectivity index (χ0) is 33.7. The molecule has 9 aromatic rings. The number of hydrogen-bond donors (Lipinski definition) is 1. The van der Waals surface area contributed by atoms with Crippen molar-refractivity contribution in [1.82, 2.24) is 5.32 Å². The van der Waals surface area contributed by atoms with Gasteiger partial charge in [-0.05, 0) is 73.6 Å². The van der Waals surface area contributed by atoms with Crippen molar-refractivity contribution in [2.45, 2.75) is 6.17 Å². The Kier molecular flexibility index (Phi) is 6.85. The van der Waals surface area contributed by atoms with Crippen molar-refractivity contribution in [1.29, 1.82) is 0 Å². The summed E-state index contributed by atoms with van der Waals surface area (Å²) in [5, 5.41) is 10.6. The Morgan fingerprint density at radius 2 is 1.12 bits per heavy atom. The number of aliphatic imine (C=N–C) groups is 2. The summed E-state index contributed by atoms with van der Waals surface area (Å²) in [5.74, 6) is 1.53. The van der Waals surface area contributed by atoms with Crippen LogP contribution in [0.5, 0.6) is 0 Å². The Balaban J connectivity index is 1.17. The highest BCUT2D eigenvalue weighted by molar-refractivity contribution is 6.26. The predicted octanol–water partition coefficient (Wildman–Crippen LogP) is 11.7. The summed E-state index contributed by atoms with van der Waals surface area (Å²) in [6, 6.07) is 61.7. The molecule has 0 radical (unpaired) electrons. The Bertz CT molecular complexity index is 2820. The molecule has 1 unspecified atom stereocenters. The van der Waals surface area contributed by atoms with Gasteiger partial charge in [0.2, 0.25) is 0 Å². The van der Waals surface area contributed by atoms with Crippen LogP contribution in [-0.2, 0) is 0 Å². The van der Waals surface area contributed by atoms with Crippen LogP contribution in [0.15, 0.2) is 190 Å². The minimum atomic E-state index is -0.462. The molecule has 1 aliphatic rings. The smallest absolute Gasteiger partial charge is 0.169 e. The summed E-state index contributed by atoms with van der Waals surface area (Å²) >= 11 is 0. The van der Waals surface area contributed by atoms with Crippen LogP contribution in [0.4, 0.5) is 0 Å². The highest BCUT2D eigenvalue weighted by atomic mass is 16.3. The molecule has 0 spiro atoms. The second kappa shape index (κ2) is 12.0. The van der Waals surface area contributed by atoms with E-state index in [4.69, 9.17) is 14.4 Å². The van der Waals surface area contributed by atoms with Crippen LogP contribution in [0.1, 0.15) is 22.9 Å². The summed E-state index contributed by atoms with van der Waals surface area (Å²) in [7, 11) is 0. The highest BCUT2D eigenvalue weighted by Gasteiger charge is 2.26. The molecule has 8 aromatic carbocycles. The molecule has 2 heterocycles. The average molecular weight is 654 g/mol. The number of hydrogen-bond acceptors (Lipinski definition) is 4. The fourth-order valence-electron chi connectivity index (χ4n) is 7.43. The highest BCUT2D eigenvalue weighted by Crippen LogP contribution is 2.40. The lowest BCUT2D eigenvalue weighted by Gasteiger charge is -2.24. The van der Waals surface area contributed by atoms with E-state index in [1.807, 2.05) is 30.3 Å². The van der Waals surface area contributed by atoms with E-state index in [1.165, 1.54) is 27.1 Å². The van der Waals surface area contributed by atoms with Crippen LogP contribution >= 0.6 is 0 Å². The molecule has 10 rings (SSSR count). The fourth-order valence-corrected chi connectivity index (χ4v) is 7.43. The quantitative estimate of drug-likeness (QED) is 0.201. The molecule has 0 amide bonds. The zero-order valence-corrected chi connectivity index (χ0v) is 27.6. The molecular weight excluding hydrogens is 623 g/mol. The third kappa shape index (κ3) is 5.08. The predicted molar refractivity (Wildman–Crippen MR) is 211 cm³/mol. The third-order valence-corrected chi connectivity index (χ3v) is 9.94. The summed E-state index contributed by atoms with van der Waals surface area (Å²) in [5.41, 5.74) is 9.23. The van der Waals surface area contributed by atoms with E-state index in [9.17, 15) is 0 Å². The van der Waals surface area contributed by atoms with Gasteiger partial charge in [-0.1, -0.05) is 152 Å². The largest absolute Gasteiger partial charge is 0.456 e. The van der Waals surface area contributed by atoms with Crippen molar-refractivity contribution >= 4 is 55.2 Å². The van der Waals surface area contributed by atoms with Gasteiger partial charge in [0, 0.05) is 21.9 Å². The Labute approximate surface area is 295 Å². The summed E-state index contributed by atoms with van der Waals surface area (Å²) in [6.45, 7) is 0. The number of nitrogens with zero attached hydrogens (tertiary/aromatic N) is 2. The van der Waals surface area contributed by atoms with Gasteiger partial charge >= 0.3 is 0 Å². The number of furan rings is 1. The molecular formula is C47H31N3O. The lowest BCUT2D eigenvalue weighted by atomic mass is 9.91. The van der Waals surface area contributed by atoms with Crippen LogP contribution in [0.25, 0.3) is 65.7 Å². The molecule has 1 atom stereocenters. The number of benzene rings is 8. The van der Waals surface area contributed by atoms with Gasteiger partial charge in [-0.2, -0.15) is 0 Å². The lowest BCUT2D eigenvalue weighted by molar-refractivity contribution is 0.669. The van der Waals surface area contributed by atoms with E-state index in [0.717, 1.165) is 67.0 Å². The second-order valence-corrected chi connectivity index (χ2v) is 13.0. The lowest BCUT2D eigenvalue weighted by Crippen LogP contribution is -2.36. The van der Waals surface area contributed by atoms with Crippen LogP contribution < -0.4 is 5.32 Å². The molecule has 1 N–H and O–H groups in total. The number of fused-ring (bicyclic) bond motifs is 5. The van der Waals surface area contributed by atoms with Crippen molar-refractivity contribution in [2.24, 2.45) is 9.98 Å². The van der Waals surface area contributed by atoms with Crippen molar-refractivity contribution in [3.63, 3.8) is 0 Å². The molecule has 4 nitrogen and oxygen atoms in total. The van der Waals surface area contributed by atoms with E-state index in [0.29, 0.717) is 0 Å². The van der Waals surface area contributed by atoms with Crippen LogP contribution in [-0.4, -0.2) is 11.7 Å². The number of rotatable bonds is 5. The first-order valence-electron chi connectivity index (χ1n) is 17.3. The first-order chi connectivity index (χ1) is 25.3. The Hall–Kier alpha value is -6.78. The average Bonchev–Trinajstić information content (AvgIpc) is 3.59.